The molecule has 0 saturated heterocycles. The van der Waals surface area contributed by atoms with E-state index in [1.54, 1.807) is 16.2 Å². The highest BCUT2D eigenvalue weighted by Gasteiger charge is 2.33. The van der Waals surface area contributed by atoms with Crippen LogP contribution in [0, 0.1) is 6.92 Å². The summed E-state index contributed by atoms with van der Waals surface area (Å²) in [5.41, 5.74) is 2.33. The highest BCUT2D eigenvalue weighted by molar-refractivity contribution is 7.10. The average Bonchev–Trinajstić information content (AvgIpc) is 3.20. The third-order valence-electron chi connectivity index (χ3n) is 5.36. The third-order valence-corrected chi connectivity index (χ3v) is 6.36. The fourth-order valence-corrected chi connectivity index (χ4v) is 4.59. The molecule has 1 N–H and O–H groups in total. The number of thiophene rings is 1. The summed E-state index contributed by atoms with van der Waals surface area (Å²) in [6.07, 6.45) is 0.836. The van der Waals surface area contributed by atoms with Crippen molar-refractivity contribution in [3.05, 3.63) is 51.7 Å². The standard InChI is InChI=1S/C23H31N3O3S/c1-5-24-23(28)26(16(2)3)14-22(27)25-12-10-21-19(11-13-30-21)20(25)15-29-18-8-6-17(4)7-9-18/h6-9,11,13,16,20H,5,10,12,14-15H2,1-4H3,(H,24,28). The Labute approximate surface area is 182 Å². The number of fused-ring (bicyclic) bond motifs is 1. The van der Waals surface area contributed by atoms with Crippen LogP contribution in [0.15, 0.2) is 35.7 Å². The maximum absolute atomic E-state index is 13.3. The second kappa shape index (κ2) is 9.98. The number of rotatable bonds is 7. The Bertz CT molecular complexity index is 863. The van der Waals surface area contributed by atoms with Crippen LogP contribution in [0.4, 0.5) is 4.79 Å². The first-order valence-corrected chi connectivity index (χ1v) is 11.4. The molecule has 30 heavy (non-hydrogen) atoms. The van der Waals surface area contributed by atoms with Gasteiger partial charge in [-0.15, -0.1) is 11.3 Å². The largest absolute Gasteiger partial charge is 0.491 e. The van der Waals surface area contributed by atoms with Gasteiger partial charge >= 0.3 is 6.03 Å². The monoisotopic (exact) mass is 429 g/mol. The van der Waals surface area contributed by atoms with Crippen LogP contribution in [0.5, 0.6) is 5.75 Å². The second-order valence-corrected chi connectivity index (χ2v) is 8.83. The average molecular weight is 430 g/mol. The number of urea groups is 1. The third kappa shape index (κ3) is 5.14. The lowest BCUT2D eigenvalue weighted by Gasteiger charge is -2.37. The van der Waals surface area contributed by atoms with Crippen molar-refractivity contribution in [1.29, 1.82) is 0 Å². The van der Waals surface area contributed by atoms with E-state index in [9.17, 15) is 9.59 Å². The summed E-state index contributed by atoms with van der Waals surface area (Å²) in [5.74, 6) is 0.741. The van der Waals surface area contributed by atoms with Crippen molar-refractivity contribution in [1.82, 2.24) is 15.1 Å². The lowest BCUT2D eigenvalue weighted by Crippen LogP contribution is -2.51. The highest BCUT2D eigenvalue weighted by atomic mass is 32.1. The maximum atomic E-state index is 13.3. The predicted molar refractivity (Wildman–Crippen MR) is 120 cm³/mol. The van der Waals surface area contributed by atoms with E-state index < -0.39 is 0 Å². The van der Waals surface area contributed by atoms with Crippen LogP contribution >= 0.6 is 11.3 Å². The lowest BCUT2D eigenvalue weighted by atomic mass is 10.0. The van der Waals surface area contributed by atoms with Gasteiger partial charge in [0.2, 0.25) is 5.91 Å². The molecule has 0 saturated carbocycles. The van der Waals surface area contributed by atoms with Gasteiger partial charge in [0.25, 0.3) is 0 Å². The molecule has 0 bridgehead atoms. The highest BCUT2D eigenvalue weighted by Crippen LogP contribution is 2.34. The van der Waals surface area contributed by atoms with Crippen molar-refractivity contribution in [2.24, 2.45) is 0 Å². The van der Waals surface area contributed by atoms with E-state index in [-0.39, 0.29) is 30.6 Å². The van der Waals surface area contributed by atoms with Gasteiger partial charge in [0, 0.05) is 24.0 Å². The molecule has 2 heterocycles. The van der Waals surface area contributed by atoms with Gasteiger partial charge in [0.15, 0.2) is 0 Å². The molecule has 7 heteroatoms. The Morgan fingerprint density at radius 1 is 1.27 bits per heavy atom. The SMILES string of the molecule is CCNC(=O)N(CC(=O)N1CCc2sccc2C1COc1ccc(C)cc1)C(C)C. The van der Waals surface area contributed by atoms with Crippen LogP contribution in [0.2, 0.25) is 0 Å². The molecule has 1 aliphatic heterocycles. The maximum Gasteiger partial charge on any atom is 0.318 e. The van der Waals surface area contributed by atoms with Crippen LogP contribution in [0.1, 0.15) is 42.8 Å². The van der Waals surface area contributed by atoms with Gasteiger partial charge in [-0.3, -0.25) is 4.79 Å². The van der Waals surface area contributed by atoms with Crippen LogP contribution in [0.25, 0.3) is 0 Å². The van der Waals surface area contributed by atoms with Crippen LogP contribution in [0.3, 0.4) is 0 Å². The first kappa shape index (κ1) is 22.2. The van der Waals surface area contributed by atoms with Crippen LogP contribution < -0.4 is 10.1 Å². The van der Waals surface area contributed by atoms with Crippen LogP contribution in [-0.2, 0) is 11.2 Å². The molecule has 1 unspecified atom stereocenters. The molecule has 1 aliphatic rings. The molecule has 1 aromatic carbocycles. The minimum Gasteiger partial charge on any atom is -0.491 e. The fourth-order valence-electron chi connectivity index (χ4n) is 3.66. The Morgan fingerprint density at radius 2 is 2.00 bits per heavy atom. The number of nitrogens with one attached hydrogen (secondary N) is 1. The second-order valence-electron chi connectivity index (χ2n) is 7.83. The number of carbonyl (C=O) groups is 2. The number of nitrogens with zero attached hydrogens (tertiary/aromatic N) is 2. The molecular weight excluding hydrogens is 398 g/mol. The van der Waals surface area contributed by atoms with E-state index in [1.165, 1.54) is 10.4 Å². The fraction of sp³-hybridized carbons (Fsp3) is 0.478. The van der Waals surface area contributed by atoms with Gasteiger partial charge in [0.05, 0.1) is 6.04 Å². The summed E-state index contributed by atoms with van der Waals surface area (Å²) >= 11 is 1.73. The smallest absolute Gasteiger partial charge is 0.318 e. The first-order chi connectivity index (χ1) is 14.4. The van der Waals surface area contributed by atoms with Gasteiger partial charge in [0.1, 0.15) is 18.9 Å². The Kier molecular flexibility index (Phi) is 7.37. The number of aryl methyl sites for hydroxylation is 1. The van der Waals surface area contributed by atoms with Gasteiger partial charge in [-0.1, -0.05) is 17.7 Å². The zero-order valence-corrected chi connectivity index (χ0v) is 19.0. The molecular formula is C23H31N3O3S. The predicted octanol–water partition coefficient (Wildman–Crippen LogP) is 4.00. The summed E-state index contributed by atoms with van der Waals surface area (Å²) in [4.78, 5) is 30.4. The molecule has 2 aromatic rings. The number of ether oxygens (including phenoxy) is 1. The minimum absolute atomic E-state index is 0.0516. The summed E-state index contributed by atoms with van der Waals surface area (Å²) in [6, 6.07) is 9.60. The van der Waals surface area contributed by atoms with E-state index in [4.69, 9.17) is 4.74 Å². The van der Waals surface area contributed by atoms with Crippen molar-refractivity contribution in [3.63, 3.8) is 0 Å². The van der Waals surface area contributed by atoms with Gasteiger partial charge < -0.3 is 19.9 Å². The molecule has 3 rings (SSSR count). The van der Waals surface area contributed by atoms with E-state index in [0.29, 0.717) is 19.7 Å². The number of hydrogen-bond acceptors (Lipinski definition) is 4. The Balaban J connectivity index is 1.76. The van der Waals surface area contributed by atoms with E-state index in [2.05, 4.69) is 16.8 Å². The molecule has 3 amide bonds. The summed E-state index contributed by atoms with van der Waals surface area (Å²) in [7, 11) is 0. The summed E-state index contributed by atoms with van der Waals surface area (Å²) in [5, 5.41) is 4.88. The van der Waals surface area contributed by atoms with Crippen molar-refractivity contribution < 1.29 is 14.3 Å². The van der Waals surface area contributed by atoms with Crippen molar-refractivity contribution in [3.8, 4) is 5.75 Å². The first-order valence-electron chi connectivity index (χ1n) is 10.5. The number of carbonyl (C=O) groups excluding carboxylic acids is 2. The minimum atomic E-state index is -0.207. The van der Waals surface area contributed by atoms with E-state index in [1.807, 2.05) is 56.9 Å². The number of hydrogen-bond donors (Lipinski definition) is 1. The number of amides is 3. The van der Waals surface area contributed by atoms with Crippen molar-refractivity contribution in [2.75, 3.05) is 26.2 Å². The van der Waals surface area contributed by atoms with E-state index >= 15 is 0 Å². The summed E-state index contributed by atoms with van der Waals surface area (Å²) in [6.45, 7) is 9.38. The molecule has 1 aromatic heterocycles. The summed E-state index contributed by atoms with van der Waals surface area (Å²) < 4.78 is 6.06. The van der Waals surface area contributed by atoms with Gasteiger partial charge in [-0.2, -0.15) is 0 Å². The molecule has 6 nitrogen and oxygen atoms in total. The topological polar surface area (TPSA) is 61.9 Å². The van der Waals surface area contributed by atoms with E-state index in [0.717, 1.165) is 17.7 Å². The zero-order valence-electron chi connectivity index (χ0n) is 18.2. The Morgan fingerprint density at radius 3 is 2.67 bits per heavy atom. The normalized spacial score (nSPS) is 15.6. The molecule has 1 atom stereocenters. The van der Waals surface area contributed by atoms with Gasteiger partial charge in [-0.25, -0.2) is 4.79 Å². The zero-order chi connectivity index (χ0) is 21.7. The van der Waals surface area contributed by atoms with Crippen molar-refractivity contribution >= 4 is 23.3 Å². The molecule has 0 fully saturated rings. The molecule has 162 valence electrons. The Hall–Kier alpha value is -2.54. The number of benzene rings is 1. The van der Waals surface area contributed by atoms with Crippen molar-refractivity contribution in [2.45, 2.75) is 46.2 Å². The lowest BCUT2D eigenvalue weighted by molar-refractivity contribution is -0.135. The quantitative estimate of drug-likeness (QED) is 0.724. The van der Waals surface area contributed by atoms with Crippen LogP contribution in [-0.4, -0.2) is 54.0 Å². The van der Waals surface area contributed by atoms with Gasteiger partial charge in [-0.05, 0) is 63.3 Å². The molecule has 0 radical (unpaired) electrons. The molecule has 0 aliphatic carbocycles. The molecule has 0 spiro atoms.